The topological polar surface area (TPSA) is 64.3 Å². The molecule has 1 rings (SSSR count). The Morgan fingerprint density at radius 1 is 1.38 bits per heavy atom. The lowest BCUT2D eigenvalue weighted by Crippen LogP contribution is -2.29. The van der Waals surface area contributed by atoms with Gasteiger partial charge in [0, 0.05) is 6.42 Å². The summed E-state index contributed by atoms with van der Waals surface area (Å²) in [6.45, 7) is 0.598. The molecule has 1 aromatic rings. The summed E-state index contributed by atoms with van der Waals surface area (Å²) in [7, 11) is 0. The number of hydrogen-bond donors (Lipinski definition) is 2. The molecule has 1 amide bonds. The summed E-state index contributed by atoms with van der Waals surface area (Å²) in [6, 6.07) is 7.68. The molecular weight excluding hydrogens is 272 g/mol. The van der Waals surface area contributed by atoms with Gasteiger partial charge in [0.2, 0.25) is 5.91 Å². The van der Waals surface area contributed by atoms with Gasteiger partial charge in [-0.3, -0.25) is 10.2 Å². The van der Waals surface area contributed by atoms with Crippen molar-refractivity contribution in [3.05, 3.63) is 28.7 Å². The van der Waals surface area contributed by atoms with Crippen LogP contribution in [-0.2, 0) is 4.79 Å². The average Bonchev–Trinajstić information content (AvgIpc) is 2.30. The molecule has 3 N–H and O–H groups in total. The van der Waals surface area contributed by atoms with Gasteiger partial charge in [-0.25, -0.2) is 5.84 Å². The number of nitrogens with two attached hydrogens (primary N) is 1. The number of amides is 1. The van der Waals surface area contributed by atoms with E-state index in [2.05, 4.69) is 21.4 Å². The minimum atomic E-state index is -0.138. The molecule has 0 fully saturated rings. The summed E-state index contributed by atoms with van der Waals surface area (Å²) >= 11 is 3.39. The third-order valence-electron chi connectivity index (χ3n) is 2.05. The second kappa shape index (κ2) is 7.24. The maximum Gasteiger partial charge on any atom is 0.233 e. The number of benzene rings is 1. The number of hydrazine groups is 1. The van der Waals surface area contributed by atoms with Crippen LogP contribution < -0.4 is 16.0 Å². The van der Waals surface area contributed by atoms with Gasteiger partial charge in [0.15, 0.2) is 0 Å². The van der Waals surface area contributed by atoms with Crippen LogP contribution >= 0.6 is 15.9 Å². The summed E-state index contributed by atoms with van der Waals surface area (Å²) < 4.78 is 6.48. The van der Waals surface area contributed by atoms with E-state index in [1.807, 2.05) is 24.3 Å². The van der Waals surface area contributed by atoms with Gasteiger partial charge < -0.3 is 4.74 Å². The second-order valence-corrected chi connectivity index (χ2v) is 4.16. The molecule has 4 nitrogen and oxygen atoms in total. The van der Waals surface area contributed by atoms with Crippen molar-refractivity contribution < 1.29 is 9.53 Å². The Bertz CT molecular complexity index is 345. The van der Waals surface area contributed by atoms with E-state index in [0.29, 0.717) is 13.0 Å². The van der Waals surface area contributed by atoms with Crippen LogP contribution in [0, 0.1) is 0 Å². The molecule has 5 heteroatoms. The Labute approximate surface area is 103 Å². The minimum absolute atomic E-state index is 0.138. The molecule has 0 bridgehead atoms. The Morgan fingerprint density at radius 2 is 2.12 bits per heavy atom. The highest BCUT2D eigenvalue weighted by atomic mass is 79.9. The van der Waals surface area contributed by atoms with Gasteiger partial charge in [-0.05, 0) is 40.9 Å². The smallest absolute Gasteiger partial charge is 0.233 e. The van der Waals surface area contributed by atoms with Crippen LogP contribution in [0.2, 0.25) is 0 Å². The molecule has 0 aromatic heterocycles. The number of ether oxygens (including phenoxy) is 1. The quantitative estimate of drug-likeness (QED) is 0.364. The van der Waals surface area contributed by atoms with Crippen molar-refractivity contribution in [1.82, 2.24) is 5.43 Å². The Hall–Kier alpha value is -1.07. The van der Waals surface area contributed by atoms with Crippen LogP contribution in [0.4, 0.5) is 0 Å². The largest absolute Gasteiger partial charge is 0.492 e. The lowest BCUT2D eigenvalue weighted by atomic mass is 10.2. The van der Waals surface area contributed by atoms with Gasteiger partial charge in [-0.15, -0.1) is 0 Å². The molecule has 16 heavy (non-hydrogen) atoms. The molecule has 0 aliphatic carbocycles. The zero-order valence-electron chi connectivity index (χ0n) is 8.91. The number of halogens is 1. The zero-order valence-corrected chi connectivity index (χ0v) is 10.5. The first-order chi connectivity index (χ1) is 7.74. The second-order valence-electron chi connectivity index (χ2n) is 3.30. The third-order valence-corrected chi connectivity index (χ3v) is 2.71. The summed E-state index contributed by atoms with van der Waals surface area (Å²) in [5.41, 5.74) is 2.10. The van der Waals surface area contributed by atoms with Crippen LogP contribution in [0.25, 0.3) is 0 Å². The summed E-state index contributed by atoms with van der Waals surface area (Å²) in [6.07, 6.45) is 2.04. The Morgan fingerprint density at radius 3 is 2.81 bits per heavy atom. The molecule has 0 saturated heterocycles. The Balaban J connectivity index is 2.17. The predicted molar refractivity (Wildman–Crippen MR) is 65.8 cm³/mol. The number of unbranched alkanes of at least 4 members (excludes halogenated alkanes) is 1. The lowest BCUT2D eigenvalue weighted by molar-refractivity contribution is -0.121. The van der Waals surface area contributed by atoms with Crippen LogP contribution in [0.1, 0.15) is 19.3 Å². The molecule has 88 valence electrons. The number of nitrogens with one attached hydrogen (secondary N) is 1. The molecule has 0 heterocycles. The fraction of sp³-hybridized carbons (Fsp3) is 0.364. The van der Waals surface area contributed by atoms with Gasteiger partial charge in [-0.2, -0.15) is 0 Å². The van der Waals surface area contributed by atoms with Gasteiger partial charge in [0.25, 0.3) is 0 Å². The lowest BCUT2D eigenvalue weighted by Gasteiger charge is -2.07. The SMILES string of the molecule is NNC(=O)CCCCOc1ccccc1Br. The first-order valence-corrected chi connectivity index (χ1v) is 5.90. The van der Waals surface area contributed by atoms with Crippen molar-refractivity contribution >= 4 is 21.8 Å². The molecular formula is C11H15BrN2O2. The normalized spacial score (nSPS) is 9.88. The molecule has 1 aromatic carbocycles. The molecule has 0 atom stereocenters. The fourth-order valence-corrected chi connectivity index (χ4v) is 1.60. The maximum absolute atomic E-state index is 10.8. The highest BCUT2D eigenvalue weighted by Crippen LogP contribution is 2.23. The van der Waals surface area contributed by atoms with Crippen LogP contribution in [0.15, 0.2) is 28.7 Å². The maximum atomic E-state index is 10.8. The van der Waals surface area contributed by atoms with E-state index >= 15 is 0 Å². The highest BCUT2D eigenvalue weighted by Gasteiger charge is 2.00. The summed E-state index contributed by atoms with van der Waals surface area (Å²) in [5, 5.41) is 0. The average molecular weight is 287 g/mol. The molecule has 0 unspecified atom stereocenters. The van der Waals surface area contributed by atoms with E-state index in [1.165, 1.54) is 0 Å². The minimum Gasteiger partial charge on any atom is -0.492 e. The van der Waals surface area contributed by atoms with Crippen molar-refractivity contribution in [3.8, 4) is 5.75 Å². The van der Waals surface area contributed by atoms with Crippen molar-refractivity contribution in [1.29, 1.82) is 0 Å². The van der Waals surface area contributed by atoms with E-state index in [1.54, 1.807) is 0 Å². The summed E-state index contributed by atoms with van der Waals surface area (Å²) in [4.78, 5) is 10.8. The van der Waals surface area contributed by atoms with Crippen molar-refractivity contribution in [3.63, 3.8) is 0 Å². The van der Waals surface area contributed by atoms with Crippen molar-refractivity contribution in [2.24, 2.45) is 5.84 Å². The fourth-order valence-electron chi connectivity index (χ4n) is 1.20. The van der Waals surface area contributed by atoms with Crippen molar-refractivity contribution in [2.45, 2.75) is 19.3 Å². The first kappa shape index (κ1) is 13.0. The van der Waals surface area contributed by atoms with Crippen LogP contribution in [0.5, 0.6) is 5.75 Å². The molecule has 0 saturated carbocycles. The van der Waals surface area contributed by atoms with Crippen LogP contribution in [0.3, 0.4) is 0 Å². The number of carbonyl (C=O) groups excluding carboxylic acids is 1. The standard InChI is InChI=1S/C11H15BrN2O2/c12-9-5-1-2-6-10(9)16-8-4-3-7-11(15)14-13/h1-2,5-6H,3-4,7-8,13H2,(H,14,15). The number of carbonyl (C=O) groups is 1. The third kappa shape index (κ3) is 4.63. The van der Waals surface area contributed by atoms with Gasteiger partial charge in [0.05, 0.1) is 11.1 Å². The molecule has 0 aliphatic rings. The number of para-hydroxylation sites is 1. The first-order valence-electron chi connectivity index (χ1n) is 5.11. The highest BCUT2D eigenvalue weighted by molar-refractivity contribution is 9.10. The van der Waals surface area contributed by atoms with E-state index < -0.39 is 0 Å². The number of hydrogen-bond acceptors (Lipinski definition) is 3. The van der Waals surface area contributed by atoms with Gasteiger partial charge >= 0.3 is 0 Å². The van der Waals surface area contributed by atoms with E-state index in [0.717, 1.165) is 23.1 Å². The molecule has 0 radical (unpaired) electrons. The van der Waals surface area contributed by atoms with Gasteiger partial charge in [0.1, 0.15) is 5.75 Å². The molecule has 0 spiro atoms. The van der Waals surface area contributed by atoms with E-state index in [9.17, 15) is 4.79 Å². The van der Waals surface area contributed by atoms with Crippen molar-refractivity contribution in [2.75, 3.05) is 6.61 Å². The van der Waals surface area contributed by atoms with Crippen LogP contribution in [-0.4, -0.2) is 12.5 Å². The van der Waals surface area contributed by atoms with E-state index in [-0.39, 0.29) is 5.91 Å². The zero-order chi connectivity index (χ0) is 11.8. The van der Waals surface area contributed by atoms with E-state index in [4.69, 9.17) is 10.6 Å². The summed E-state index contributed by atoms with van der Waals surface area (Å²) in [5.74, 6) is 5.65. The monoisotopic (exact) mass is 286 g/mol. The van der Waals surface area contributed by atoms with Gasteiger partial charge in [-0.1, -0.05) is 12.1 Å². The number of rotatable bonds is 6. The molecule has 0 aliphatic heterocycles. The Kier molecular flexibility index (Phi) is 5.88. The predicted octanol–water partition coefficient (Wildman–Crippen LogP) is 1.99.